The molecule has 124 valence electrons. The van der Waals surface area contributed by atoms with Crippen molar-refractivity contribution in [3.63, 3.8) is 0 Å². The summed E-state index contributed by atoms with van der Waals surface area (Å²) in [6, 6.07) is 1.27. The third-order valence-electron chi connectivity index (χ3n) is 5.06. The lowest BCUT2D eigenvalue weighted by molar-refractivity contribution is 0.0495. The molecule has 1 saturated heterocycles. The number of nitrogens with one attached hydrogen (secondary N) is 1. The van der Waals surface area contributed by atoms with E-state index in [0.717, 1.165) is 25.7 Å². The highest BCUT2D eigenvalue weighted by Gasteiger charge is 2.34. The molecule has 1 N–H and O–H groups in total. The fourth-order valence-corrected chi connectivity index (χ4v) is 3.23. The second-order valence-corrected chi connectivity index (χ2v) is 8.51. The predicted molar refractivity (Wildman–Crippen MR) is 89.6 cm³/mol. The highest BCUT2D eigenvalue weighted by molar-refractivity contribution is 4.92. The van der Waals surface area contributed by atoms with Gasteiger partial charge >= 0.3 is 0 Å². The van der Waals surface area contributed by atoms with E-state index in [4.69, 9.17) is 4.74 Å². The summed E-state index contributed by atoms with van der Waals surface area (Å²) in [5.41, 5.74) is 0.336. The van der Waals surface area contributed by atoms with Gasteiger partial charge in [-0.15, -0.1) is 0 Å². The molecule has 2 aliphatic rings. The van der Waals surface area contributed by atoms with Crippen molar-refractivity contribution in [2.24, 2.45) is 17.3 Å². The van der Waals surface area contributed by atoms with E-state index in [2.05, 4.69) is 44.8 Å². The van der Waals surface area contributed by atoms with E-state index in [1.165, 1.54) is 32.4 Å². The highest BCUT2D eigenvalue weighted by Crippen LogP contribution is 2.29. The van der Waals surface area contributed by atoms with Gasteiger partial charge in [0.25, 0.3) is 0 Å². The van der Waals surface area contributed by atoms with Crippen molar-refractivity contribution in [1.82, 2.24) is 10.2 Å². The topological polar surface area (TPSA) is 24.5 Å². The Kier molecular flexibility index (Phi) is 6.10. The Morgan fingerprint density at radius 2 is 1.95 bits per heavy atom. The first-order chi connectivity index (χ1) is 9.88. The molecule has 1 saturated carbocycles. The average Bonchev–Trinajstić information content (AvgIpc) is 3.21. The summed E-state index contributed by atoms with van der Waals surface area (Å²) in [5.74, 6) is 1.60. The maximum atomic E-state index is 5.80. The van der Waals surface area contributed by atoms with E-state index in [0.29, 0.717) is 23.4 Å². The number of hydrogen-bond donors (Lipinski definition) is 1. The van der Waals surface area contributed by atoms with E-state index >= 15 is 0 Å². The van der Waals surface area contributed by atoms with Crippen molar-refractivity contribution < 1.29 is 4.74 Å². The minimum atomic E-state index is 0.336. The van der Waals surface area contributed by atoms with Crippen LogP contribution in [-0.2, 0) is 4.74 Å². The summed E-state index contributed by atoms with van der Waals surface area (Å²) in [4.78, 5) is 2.71. The van der Waals surface area contributed by atoms with E-state index in [1.807, 2.05) is 0 Å². The SMILES string of the molecule is CC(C)C1CNC(C(C)(C)C)CN1CCCOCC1CC1. The Balaban J connectivity index is 1.76. The first-order valence-corrected chi connectivity index (χ1v) is 8.93. The summed E-state index contributed by atoms with van der Waals surface area (Å²) in [7, 11) is 0. The van der Waals surface area contributed by atoms with Gasteiger partial charge in [-0.1, -0.05) is 34.6 Å². The summed E-state index contributed by atoms with van der Waals surface area (Å²) in [6.45, 7) is 17.1. The maximum Gasteiger partial charge on any atom is 0.0494 e. The molecule has 21 heavy (non-hydrogen) atoms. The van der Waals surface area contributed by atoms with Crippen molar-refractivity contribution in [3.05, 3.63) is 0 Å². The van der Waals surface area contributed by atoms with Gasteiger partial charge in [0.1, 0.15) is 0 Å². The molecule has 0 aromatic heterocycles. The summed E-state index contributed by atoms with van der Waals surface area (Å²) < 4.78 is 5.80. The highest BCUT2D eigenvalue weighted by atomic mass is 16.5. The largest absolute Gasteiger partial charge is 0.381 e. The molecule has 1 heterocycles. The molecule has 3 nitrogen and oxygen atoms in total. The van der Waals surface area contributed by atoms with Crippen LogP contribution in [0, 0.1) is 17.3 Å². The van der Waals surface area contributed by atoms with Gasteiger partial charge in [0.05, 0.1) is 0 Å². The van der Waals surface area contributed by atoms with Crippen LogP contribution in [0.3, 0.4) is 0 Å². The molecule has 0 aromatic rings. The first kappa shape index (κ1) is 17.2. The van der Waals surface area contributed by atoms with Gasteiger partial charge in [0.15, 0.2) is 0 Å². The molecular formula is C18H36N2O. The number of ether oxygens (including phenoxy) is 1. The van der Waals surface area contributed by atoms with Crippen molar-refractivity contribution in [2.75, 3.05) is 32.8 Å². The minimum absolute atomic E-state index is 0.336. The molecule has 1 aliphatic heterocycles. The van der Waals surface area contributed by atoms with Crippen molar-refractivity contribution >= 4 is 0 Å². The molecule has 0 radical (unpaired) electrons. The lowest BCUT2D eigenvalue weighted by Gasteiger charge is -2.46. The summed E-state index contributed by atoms with van der Waals surface area (Å²) in [6.07, 6.45) is 3.95. The van der Waals surface area contributed by atoms with Gasteiger partial charge in [-0.05, 0) is 36.5 Å². The van der Waals surface area contributed by atoms with Gasteiger partial charge in [-0.25, -0.2) is 0 Å². The van der Waals surface area contributed by atoms with E-state index in [-0.39, 0.29) is 0 Å². The van der Waals surface area contributed by atoms with Gasteiger partial charge in [0, 0.05) is 44.9 Å². The molecule has 0 bridgehead atoms. The van der Waals surface area contributed by atoms with Gasteiger partial charge < -0.3 is 10.1 Å². The molecule has 2 fully saturated rings. The Hall–Kier alpha value is -0.120. The number of rotatable bonds is 7. The zero-order valence-corrected chi connectivity index (χ0v) is 14.8. The molecule has 0 spiro atoms. The van der Waals surface area contributed by atoms with Crippen LogP contribution in [0.25, 0.3) is 0 Å². The van der Waals surface area contributed by atoms with E-state index < -0.39 is 0 Å². The van der Waals surface area contributed by atoms with Crippen LogP contribution in [-0.4, -0.2) is 49.8 Å². The third kappa shape index (κ3) is 5.54. The molecule has 0 amide bonds. The average molecular weight is 296 g/mol. The maximum absolute atomic E-state index is 5.80. The third-order valence-corrected chi connectivity index (χ3v) is 5.06. The molecule has 3 heteroatoms. The quantitative estimate of drug-likeness (QED) is 0.730. The van der Waals surface area contributed by atoms with Gasteiger partial charge in [0.2, 0.25) is 0 Å². The fraction of sp³-hybridized carbons (Fsp3) is 1.00. The van der Waals surface area contributed by atoms with Crippen molar-refractivity contribution in [3.8, 4) is 0 Å². The Morgan fingerprint density at radius 1 is 1.24 bits per heavy atom. The van der Waals surface area contributed by atoms with Gasteiger partial charge in [-0.3, -0.25) is 4.90 Å². The summed E-state index contributed by atoms with van der Waals surface area (Å²) >= 11 is 0. The smallest absolute Gasteiger partial charge is 0.0494 e. The van der Waals surface area contributed by atoms with Crippen LogP contribution in [0.1, 0.15) is 53.9 Å². The lowest BCUT2D eigenvalue weighted by atomic mass is 9.83. The number of hydrogen-bond acceptors (Lipinski definition) is 3. The fourth-order valence-electron chi connectivity index (χ4n) is 3.23. The Morgan fingerprint density at radius 3 is 2.52 bits per heavy atom. The standard InChI is InChI=1S/C18H36N2O/c1-14(2)16-11-19-17(18(3,4)5)12-20(16)9-6-10-21-13-15-7-8-15/h14-17,19H,6-13H2,1-5H3. The monoisotopic (exact) mass is 296 g/mol. The molecule has 2 atom stereocenters. The minimum Gasteiger partial charge on any atom is -0.381 e. The van der Waals surface area contributed by atoms with Crippen LogP contribution in [0.2, 0.25) is 0 Å². The lowest BCUT2D eigenvalue weighted by Crippen LogP contribution is -2.61. The Bertz CT molecular complexity index is 307. The van der Waals surface area contributed by atoms with Crippen molar-refractivity contribution in [2.45, 2.75) is 66.0 Å². The second-order valence-electron chi connectivity index (χ2n) is 8.51. The van der Waals surface area contributed by atoms with Crippen molar-refractivity contribution in [1.29, 1.82) is 0 Å². The van der Waals surface area contributed by atoms with Gasteiger partial charge in [-0.2, -0.15) is 0 Å². The second kappa shape index (κ2) is 7.43. The number of piperazine rings is 1. The number of nitrogens with zero attached hydrogens (tertiary/aromatic N) is 1. The normalized spacial score (nSPS) is 28.3. The van der Waals surface area contributed by atoms with Crippen LogP contribution in [0.15, 0.2) is 0 Å². The summed E-state index contributed by atoms with van der Waals surface area (Å²) in [5, 5.41) is 3.77. The molecule has 1 aliphatic carbocycles. The predicted octanol–water partition coefficient (Wildman–Crippen LogP) is 3.15. The van der Waals surface area contributed by atoms with E-state index in [9.17, 15) is 0 Å². The van der Waals surface area contributed by atoms with E-state index in [1.54, 1.807) is 0 Å². The van der Waals surface area contributed by atoms with Crippen LogP contribution >= 0.6 is 0 Å². The molecule has 0 aromatic carbocycles. The van der Waals surface area contributed by atoms with Crippen LogP contribution < -0.4 is 5.32 Å². The molecular weight excluding hydrogens is 260 g/mol. The molecule has 2 unspecified atom stereocenters. The van der Waals surface area contributed by atoms with Crippen LogP contribution in [0.4, 0.5) is 0 Å². The Labute approximate surface area is 131 Å². The zero-order valence-electron chi connectivity index (χ0n) is 14.8. The molecule has 2 rings (SSSR count). The first-order valence-electron chi connectivity index (χ1n) is 8.93. The zero-order chi connectivity index (χ0) is 15.5. The van der Waals surface area contributed by atoms with Crippen LogP contribution in [0.5, 0.6) is 0 Å².